The Labute approximate surface area is 305 Å². The van der Waals surface area contributed by atoms with Crippen LogP contribution >= 0.6 is 0 Å². The van der Waals surface area contributed by atoms with Crippen molar-refractivity contribution < 1.29 is 28.7 Å². The van der Waals surface area contributed by atoms with Gasteiger partial charge in [0.25, 0.3) is 0 Å². The van der Waals surface area contributed by atoms with E-state index in [4.69, 9.17) is 9.47 Å². The number of hydrogen-bond acceptors (Lipinski definition) is 8. The van der Waals surface area contributed by atoms with Crippen molar-refractivity contribution in [3.8, 4) is 23.1 Å². The van der Waals surface area contributed by atoms with Crippen molar-refractivity contribution in [3.63, 3.8) is 0 Å². The third kappa shape index (κ3) is 9.20. The van der Waals surface area contributed by atoms with E-state index in [1.807, 2.05) is 52.0 Å². The van der Waals surface area contributed by atoms with Crippen molar-refractivity contribution in [2.24, 2.45) is 11.8 Å². The summed E-state index contributed by atoms with van der Waals surface area (Å²) < 4.78 is 9.45. The molecule has 0 saturated carbocycles. The Morgan fingerprint density at radius 1 is 0.769 bits per heavy atom. The molecule has 0 spiro atoms. The molecule has 4 N–H and O–H groups in total. The zero-order valence-electron chi connectivity index (χ0n) is 30.8. The van der Waals surface area contributed by atoms with Gasteiger partial charge < -0.3 is 39.9 Å². The van der Waals surface area contributed by atoms with Gasteiger partial charge in [0, 0.05) is 18.7 Å². The first-order chi connectivity index (χ1) is 25.0. The predicted octanol–water partition coefficient (Wildman–Crippen LogP) is 5.09. The van der Waals surface area contributed by atoms with E-state index < -0.39 is 24.3 Å². The molecule has 4 atom stereocenters. The van der Waals surface area contributed by atoms with Gasteiger partial charge in [-0.15, -0.1) is 13.2 Å². The summed E-state index contributed by atoms with van der Waals surface area (Å²) in [5.41, 5.74) is 3.18. The van der Waals surface area contributed by atoms with Gasteiger partial charge in [-0.25, -0.2) is 19.6 Å². The number of nitrogens with zero attached hydrogens (tertiary/aromatic N) is 4. The minimum Gasteiger partial charge on any atom is -0.453 e. The molecule has 5 rings (SSSR count). The third-order valence-electron chi connectivity index (χ3n) is 9.21. The number of benzene rings is 1. The molecular weight excluding hydrogens is 664 g/mol. The lowest BCUT2D eigenvalue weighted by atomic mass is 10.0. The minimum absolute atomic E-state index is 0.110. The lowest BCUT2D eigenvalue weighted by Crippen LogP contribution is -2.51. The van der Waals surface area contributed by atoms with Gasteiger partial charge in [0.15, 0.2) is 0 Å². The molecule has 4 heterocycles. The molecule has 4 amide bonds. The molecule has 2 fully saturated rings. The Morgan fingerprint density at radius 3 is 1.73 bits per heavy atom. The second-order valence-electron chi connectivity index (χ2n) is 13.3. The standard InChI is InChI=1S/C36H46N8O6.C2H4/c1-21(2)29(41-35(47)49-5)33(45)43-17-7-9-27(43)31-37-19-25(39-31)16-13-23-11-14-24(15-12-23)26-20-38-32(40-26)28-10-8-18-44(28)34(46)30(22(3)4)42-36(48)50-6;1-2/h11-12,14-15,19-22,27-30H,7-10,17-18H2,1-6H3,(H,37,39)(H,38,40)(H,41,47)(H,42,48);1-2H2/t27-,28-,29-,30?;/m0./s1. The molecule has 1 aromatic carbocycles. The van der Waals surface area contributed by atoms with E-state index in [-0.39, 0.29) is 35.7 Å². The Kier molecular flexibility index (Phi) is 13.6. The van der Waals surface area contributed by atoms with Crippen molar-refractivity contribution in [2.75, 3.05) is 27.3 Å². The maximum Gasteiger partial charge on any atom is 0.407 e. The highest BCUT2D eigenvalue weighted by Crippen LogP contribution is 2.33. The third-order valence-corrected chi connectivity index (χ3v) is 9.21. The topological polar surface area (TPSA) is 175 Å². The van der Waals surface area contributed by atoms with Crippen molar-refractivity contribution in [1.82, 2.24) is 40.4 Å². The van der Waals surface area contributed by atoms with Crippen molar-refractivity contribution in [2.45, 2.75) is 77.5 Å². The molecule has 2 saturated heterocycles. The molecule has 14 heteroatoms. The van der Waals surface area contributed by atoms with Crippen LogP contribution < -0.4 is 10.6 Å². The van der Waals surface area contributed by atoms with Crippen LogP contribution in [-0.2, 0) is 19.1 Å². The second kappa shape index (κ2) is 18.1. The summed E-state index contributed by atoms with van der Waals surface area (Å²) in [7, 11) is 2.56. The number of imidazole rings is 2. The summed E-state index contributed by atoms with van der Waals surface area (Å²) in [6, 6.07) is 5.92. The van der Waals surface area contributed by atoms with Crippen LogP contribution in [-0.4, -0.2) is 93.1 Å². The first-order valence-electron chi connectivity index (χ1n) is 17.5. The van der Waals surface area contributed by atoms with Crippen LogP contribution in [0.25, 0.3) is 11.3 Å². The second-order valence-corrected chi connectivity index (χ2v) is 13.3. The molecule has 3 aromatic rings. The summed E-state index contributed by atoms with van der Waals surface area (Å²) in [6.07, 6.45) is 5.36. The molecule has 278 valence electrons. The lowest BCUT2D eigenvalue weighted by Gasteiger charge is -2.30. The molecule has 14 nitrogen and oxygen atoms in total. The van der Waals surface area contributed by atoms with Gasteiger partial charge in [-0.05, 0) is 61.1 Å². The summed E-state index contributed by atoms with van der Waals surface area (Å²) >= 11 is 0. The van der Waals surface area contributed by atoms with E-state index in [0.29, 0.717) is 30.4 Å². The number of rotatable bonds is 9. The Bertz CT molecular complexity index is 1750. The van der Waals surface area contributed by atoms with Crippen LogP contribution in [0.1, 0.15) is 88.4 Å². The van der Waals surface area contributed by atoms with Gasteiger partial charge in [0.1, 0.15) is 29.4 Å². The largest absolute Gasteiger partial charge is 0.453 e. The number of alkyl carbamates (subject to hydrolysis) is 2. The fraction of sp³-hybridized carbons (Fsp3) is 0.474. The zero-order chi connectivity index (χ0) is 37.9. The van der Waals surface area contributed by atoms with E-state index in [1.165, 1.54) is 14.2 Å². The summed E-state index contributed by atoms with van der Waals surface area (Å²) in [4.78, 5) is 70.0. The maximum absolute atomic E-state index is 13.5. The number of hydrogen-bond donors (Lipinski definition) is 4. The summed E-state index contributed by atoms with van der Waals surface area (Å²) in [5.74, 6) is 7.13. The summed E-state index contributed by atoms with van der Waals surface area (Å²) in [6.45, 7) is 14.7. The van der Waals surface area contributed by atoms with Gasteiger partial charge in [-0.2, -0.15) is 0 Å². The summed E-state index contributed by atoms with van der Waals surface area (Å²) in [5, 5.41) is 5.34. The highest BCUT2D eigenvalue weighted by Gasteiger charge is 2.38. The van der Waals surface area contributed by atoms with Crippen LogP contribution in [0.5, 0.6) is 0 Å². The van der Waals surface area contributed by atoms with E-state index in [0.717, 1.165) is 42.5 Å². The van der Waals surface area contributed by atoms with E-state index >= 15 is 0 Å². The number of aromatic nitrogens is 4. The van der Waals surface area contributed by atoms with E-state index in [9.17, 15) is 19.2 Å². The first-order valence-corrected chi connectivity index (χ1v) is 17.5. The van der Waals surface area contributed by atoms with Gasteiger partial charge in [0.05, 0.1) is 44.4 Å². The predicted molar refractivity (Wildman–Crippen MR) is 196 cm³/mol. The molecular formula is C38H50N8O6. The van der Waals surface area contributed by atoms with Crippen molar-refractivity contribution in [3.05, 3.63) is 72.7 Å². The Morgan fingerprint density at radius 2 is 1.25 bits per heavy atom. The number of ether oxygens (including phenoxy) is 2. The number of methoxy groups -OCH3 is 2. The number of amides is 4. The smallest absolute Gasteiger partial charge is 0.407 e. The first kappa shape index (κ1) is 39.2. The van der Waals surface area contributed by atoms with E-state index in [2.05, 4.69) is 55.6 Å². The van der Waals surface area contributed by atoms with Crippen LogP contribution in [0.4, 0.5) is 9.59 Å². The lowest BCUT2D eigenvalue weighted by molar-refractivity contribution is -0.136. The van der Waals surface area contributed by atoms with Crippen LogP contribution in [0, 0.1) is 23.7 Å². The number of H-pyrrole nitrogens is 2. The molecule has 1 unspecified atom stereocenters. The highest BCUT2D eigenvalue weighted by molar-refractivity contribution is 5.87. The van der Waals surface area contributed by atoms with Gasteiger partial charge >= 0.3 is 12.2 Å². The average molecular weight is 715 g/mol. The molecule has 2 aromatic heterocycles. The maximum atomic E-state index is 13.5. The zero-order valence-corrected chi connectivity index (χ0v) is 30.8. The van der Waals surface area contributed by atoms with E-state index in [1.54, 1.807) is 22.2 Å². The highest BCUT2D eigenvalue weighted by atomic mass is 16.5. The molecule has 2 aliphatic heterocycles. The van der Waals surface area contributed by atoms with Crippen molar-refractivity contribution in [1.29, 1.82) is 0 Å². The number of likely N-dealkylation sites (tertiary alicyclic amines) is 2. The fourth-order valence-corrected chi connectivity index (χ4v) is 6.48. The fourth-order valence-electron chi connectivity index (χ4n) is 6.48. The molecule has 0 radical (unpaired) electrons. The monoisotopic (exact) mass is 714 g/mol. The van der Waals surface area contributed by atoms with Gasteiger partial charge in [-0.1, -0.05) is 45.7 Å². The number of aromatic amines is 2. The quantitative estimate of drug-likeness (QED) is 0.175. The normalized spacial score (nSPS) is 17.8. The van der Waals surface area contributed by atoms with Gasteiger partial charge in [-0.3, -0.25) is 9.59 Å². The number of carbonyl (C=O) groups excluding carboxylic acids is 4. The Hall–Kier alpha value is -5.58. The molecule has 52 heavy (non-hydrogen) atoms. The average Bonchev–Trinajstić information content (AvgIpc) is 3.98. The van der Waals surface area contributed by atoms with Crippen LogP contribution in [0.15, 0.2) is 49.8 Å². The van der Waals surface area contributed by atoms with Crippen LogP contribution in [0.2, 0.25) is 0 Å². The number of carbonyl (C=O) groups is 4. The Balaban J connectivity index is 0.00000297. The number of nitrogens with one attached hydrogen (secondary N) is 4. The van der Waals surface area contributed by atoms with Crippen LogP contribution in [0.3, 0.4) is 0 Å². The van der Waals surface area contributed by atoms with Gasteiger partial charge in [0.2, 0.25) is 11.8 Å². The molecule has 2 aliphatic rings. The molecule has 0 bridgehead atoms. The SMILES string of the molecule is C=C.COC(=O)NC(C(=O)N1CCC[C@H]1c1ncc(-c2ccc(C#Cc3cnc([C@@H]4CCCN4C(=O)[C@@H](NC(=O)OC)C(C)C)[nH]3)cc2)[nH]1)C(C)C. The minimum atomic E-state index is -0.700. The molecule has 0 aliphatic carbocycles. The van der Waals surface area contributed by atoms with Crippen molar-refractivity contribution >= 4 is 24.0 Å².